The number of ether oxygens (including phenoxy) is 2. The highest BCUT2D eigenvalue weighted by Crippen LogP contribution is 2.74. The molecule has 1 unspecified atom stereocenters. The summed E-state index contributed by atoms with van der Waals surface area (Å²) in [5.74, 6) is -0.869. The summed E-state index contributed by atoms with van der Waals surface area (Å²) in [6.45, 7) is 6.24. The Hall–Kier alpha value is -0.760. The van der Waals surface area contributed by atoms with Gasteiger partial charge in [0.1, 0.15) is 11.2 Å². The minimum absolute atomic E-state index is 0.225. The van der Waals surface area contributed by atoms with Crippen LogP contribution in [0.1, 0.15) is 52.4 Å². The SMILES string of the molecule is C[C@H](O)C1=CCC23OCCN(C)C[C@@]12C[C@@H](O)[C@]12O[C@]4(O)CC[C@@]1(C)[C@H](CC=C32)C4. The van der Waals surface area contributed by atoms with Crippen molar-refractivity contribution in [2.45, 2.75) is 81.6 Å². The maximum atomic E-state index is 11.9. The summed E-state index contributed by atoms with van der Waals surface area (Å²) in [6, 6.07) is 0. The van der Waals surface area contributed by atoms with Crippen LogP contribution in [0.2, 0.25) is 0 Å². The lowest BCUT2D eigenvalue weighted by Crippen LogP contribution is -2.79. The fraction of sp³-hybridized carbons (Fsp3) is 0.833. The van der Waals surface area contributed by atoms with E-state index in [2.05, 4.69) is 31.0 Å². The molecule has 4 aliphatic carbocycles. The first-order valence-electron chi connectivity index (χ1n) is 11.7. The Morgan fingerprint density at radius 2 is 2.03 bits per heavy atom. The van der Waals surface area contributed by atoms with Crippen molar-refractivity contribution < 1.29 is 24.8 Å². The van der Waals surface area contributed by atoms with Gasteiger partial charge in [-0.3, -0.25) is 0 Å². The largest absolute Gasteiger partial charge is 0.390 e. The zero-order chi connectivity index (χ0) is 21.2. The normalized spacial score (nSPS) is 55.7. The van der Waals surface area contributed by atoms with Gasteiger partial charge in [0.15, 0.2) is 5.79 Å². The first-order chi connectivity index (χ1) is 14.1. The molecule has 7 aliphatic rings. The molecular weight excluding hydrogens is 382 g/mol. The molecule has 0 amide bonds. The van der Waals surface area contributed by atoms with Crippen LogP contribution in [0, 0.1) is 16.7 Å². The molecule has 3 heterocycles. The zero-order valence-electron chi connectivity index (χ0n) is 18.4. The van der Waals surface area contributed by atoms with E-state index in [9.17, 15) is 15.3 Å². The smallest absolute Gasteiger partial charge is 0.167 e. The fourth-order valence-electron chi connectivity index (χ4n) is 8.63. The maximum absolute atomic E-state index is 11.9. The van der Waals surface area contributed by atoms with Crippen LogP contribution in [0.3, 0.4) is 0 Å². The van der Waals surface area contributed by atoms with E-state index in [-0.39, 0.29) is 5.41 Å². The van der Waals surface area contributed by atoms with E-state index in [1.807, 2.05) is 6.92 Å². The van der Waals surface area contributed by atoms with Crippen LogP contribution in [0.25, 0.3) is 0 Å². The van der Waals surface area contributed by atoms with Gasteiger partial charge in [0.05, 0.1) is 18.8 Å². The Balaban J connectivity index is 1.60. The van der Waals surface area contributed by atoms with Gasteiger partial charge in [0.25, 0.3) is 0 Å². The van der Waals surface area contributed by atoms with E-state index in [1.54, 1.807) is 0 Å². The molecule has 166 valence electrons. The average Bonchev–Trinajstić information content (AvgIpc) is 2.88. The molecule has 4 bridgehead atoms. The summed E-state index contributed by atoms with van der Waals surface area (Å²) in [4.78, 5) is 2.27. The number of aliphatic hydroxyl groups excluding tert-OH is 2. The molecule has 7 rings (SSSR count). The zero-order valence-corrected chi connectivity index (χ0v) is 18.4. The van der Waals surface area contributed by atoms with Gasteiger partial charge in [-0.05, 0) is 56.7 Å². The molecule has 1 spiro atoms. The molecule has 0 radical (unpaired) electrons. The van der Waals surface area contributed by atoms with E-state index >= 15 is 0 Å². The summed E-state index contributed by atoms with van der Waals surface area (Å²) in [5, 5.41) is 33.9. The molecule has 2 saturated carbocycles. The summed E-state index contributed by atoms with van der Waals surface area (Å²) < 4.78 is 13.4. The van der Waals surface area contributed by atoms with Crippen molar-refractivity contribution in [1.29, 1.82) is 0 Å². The Labute approximate surface area is 178 Å². The van der Waals surface area contributed by atoms with Gasteiger partial charge in [-0.1, -0.05) is 19.1 Å². The number of rotatable bonds is 1. The molecule has 3 N–H and O–H groups in total. The highest BCUT2D eigenvalue weighted by atomic mass is 16.7. The van der Waals surface area contributed by atoms with Crippen molar-refractivity contribution in [3.05, 3.63) is 23.3 Å². The number of aliphatic hydroxyl groups is 3. The lowest BCUT2D eigenvalue weighted by Gasteiger charge is -2.73. The number of fused-ring (bicyclic) bond motifs is 1. The van der Waals surface area contributed by atoms with Crippen LogP contribution in [0.5, 0.6) is 0 Å². The maximum Gasteiger partial charge on any atom is 0.167 e. The summed E-state index contributed by atoms with van der Waals surface area (Å²) in [6.07, 6.45) is 7.24. The quantitative estimate of drug-likeness (QED) is 0.564. The third-order valence-electron chi connectivity index (χ3n) is 9.90. The van der Waals surface area contributed by atoms with Crippen LogP contribution in [0.15, 0.2) is 23.3 Å². The van der Waals surface area contributed by atoms with Gasteiger partial charge < -0.3 is 29.7 Å². The molecule has 6 heteroatoms. The lowest BCUT2D eigenvalue weighted by atomic mass is 9.41. The predicted octanol–water partition coefficient (Wildman–Crippen LogP) is 1.74. The summed E-state index contributed by atoms with van der Waals surface area (Å²) in [5.41, 5.74) is -0.252. The van der Waals surface area contributed by atoms with Gasteiger partial charge in [-0.25, -0.2) is 0 Å². The summed E-state index contributed by atoms with van der Waals surface area (Å²) >= 11 is 0. The highest BCUT2D eigenvalue weighted by Gasteiger charge is 2.79. The standard InChI is InChI=1S/C24H35NO5/c1-15(26)17-6-7-23-18-5-4-16-12-22(28)9-8-20(16,2)24(18,30-22)19(27)13-21(17,23)14-25(3)10-11-29-23/h5-6,15-16,19,26-28H,4,7-14H2,1-3H3/t15-,16+,19+,20-,21-,22+,23?,24-/m0/s1. The molecular formula is C24H35NO5. The second-order valence-corrected chi connectivity index (χ2v) is 11.2. The van der Waals surface area contributed by atoms with E-state index in [4.69, 9.17) is 9.47 Å². The minimum atomic E-state index is -1.17. The predicted molar refractivity (Wildman–Crippen MR) is 111 cm³/mol. The minimum Gasteiger partial charge on any atom is -0.390 e. The van der Waals surface area contributed by atoms with E-state index in [0.717, 1.165) is 37.1 Å². The Bertz CT molecular complexity index is 855. The lowest BCUT2D eigenvalue weighted by molar-refractivity contribution is -0.401. The number of likely N-dealkylation sites (N-methyl/N-ethyl adjacent to an activating group) is 1. The fourth-order valence-corrected chi connectivity index (χ4v) is 8.63. The second-order valence-electron chi connectivity index (χ2n) is 11.2. The Kier molecular flexibility index (Phi) is 3.83. The topological polar surface area (TPSA) is 82.4 Å². The van der Waals surface area contributed by atoms with Crippen molar-refractivity contribution in [3.8, 4) is 0 Å². The van der Waals surface area contributed by atoms with E-state index < -0.39 is 34.6 Å². The van der Waals surface area contributed by atoms with Gasteiger partial charge >= 0.3 is 0 Å². The van der Waals surface area contributed by atoms with Gasteiger partial charge in [-0.2, -0.15) is 0 Å². The Morgan fingerprint density at radius 1 is 1.23 bits per heavy atom. The van der Waals surface area contributed by atoms with Crippen molar-refractivity contribution in [3.63, 3.8) is 0 Å². The molecule has 8 atom stereocenters. The first-order valence-corrected chi connectivity index (χ1v) is 11.7. The van der Waals surface area contributed by atoms with Crippen LogP contribution < -0.4 is 0 Å². The number of allylic oxidation sites excluding steroid dienone is 1. The molecule has 30 heavy (non-hydrogen) atoms. The number of hydrogen-bond acceptors (Lipinski definition) is 6. The molecule has 0 aromatic rings. The molecule has 3 saturated heterocycles. The van der Waals surface area contributed by atoms with E-state index in [0.29, 0.717) is 38.2 Å². The van der Waals surface area contributed by atoms with Crippen molar-refractivity contribution in [2.24, 2.45) is 16.7 Å². The molecule has 6 nitrogen and oxygen atoms in total. The van der Waals surface area contributed by atoms with Gasteiger partial charge in [0.2, 0.25) is 0 Å². The first kappa shape index (κ1) is 19.9. The van der Waals surface area contributed by atoms with Crippen molar-refractivity contribution >= 4 is 0 Å². The summed E-state index contributed by atoms with van der Waals surface area (Å²) in [7, 11) is 2.09. The van der Waals surface area contributed by atoms with Crippen LogP contribution >= 0.6 is 0 Å². The van der Waals surface area contributed by atoms with Crippen LogP contribution in [0.4, 0.5) is 0 Å². The van der Waals surface area contributed by atoms with Crippen molar-refractivity contribution in [1.82, 2.24) is 4.90 Å². The third kappa shape index (κ3) is 1.98. The van der Waals surface area contributed by atoms with Crippen LogP contribution in [-0.2, 0) is 9.47 Å². The van der Waals surface area contributed by atoms with Crippen LogP contribution in [-0.4, -0.2) is 76.2 Å². The third-order valence-corrected chi connectivity index (χ3v) is 9.90. The molecule has 0 aromatic heterocycles. The van der Waals surface area contributed by atoms with Gasteiger partial charge in [0, 0.05) is 36.8 Å². The molecule has 0 aromatic carbocycles. The second kappa shape index (κ2) is 5.77. The number of hydrogen-bond donors (Lipinski definition) is 3. The molecule has 5 fully saturated rings. The van der Waals surface area contributed by atoms with E-state index in [1.165, 1.54) is 0 Å². The van der Waals surface area contributed by atoms with Crippen molar-refractivity contribution in [2.75, 3.05) is 26.7 Å². The number of nitrogens with zero attached hydrogens (tertiary/aromatic N) is 1. The highest BCUT2D eigenvalue weighted by molar-refractivity contribution is 5.52. The molecule has 3 aliphatic heterocycles. The average molecular weight is 418 g/mol. The monoisotopic (exact) mass is 417 g/mol. The van der Waals surface area contributed by atoms with Gasteiger partial charge in [-0.15, -0.1) is 0 Å². The Morgan fingerprint density at radius 3 is 2.80 bits per heavy atom.